The van der Waals surface area contributed by atoms with E-state index in [-0.39, 0.29) is 12.2 Å². The van der Waals surface area contributed by atoms with Crippen LogP contribution in [-0.4, -0.2) is 24.3 Å². The number of benzene rings is 2. The van der Waals surface area contributed by atoms with Crippen molar-refractivity contribution in [1.82, 2.24) is 4.57 Å². The molecule has 3 heterocycles. The molecule has 38 heavy (non-hydrogen) atoms. The summed E-state index contributed by atoms with van der Waals surface area (Å²) < 4.78 is 20.8. The number of hydrogen-bond acceptors (Lipinski definition) is 7. The van der Waals surface area contributed by atoms with Crippen LogP contribution in [0.3, 0.4) is 0 Å². The smallest absolute Gasteiger partial charge is 0.338 e. The molecule has 5 rings (SSSR count). The van der Waals surface area contributed by atoms with E-state index < -0.39 is 12.0 Å². The number of carbonyl (C=O) groups is 1. The molecule has 10 heteroatoms. The third-order valence-corrected chi connectivity index (χ3v) is 8.21. The lowest BCUT2D eigenvalue weighted by Gasteiger charge is -2.25. The largest absolute Gasteiger partial charge is 0.496 e. The molecule has 7 nitrogen and oxygen atoms in total. The number of thiazole rings is 1. The summed E-state index contributed by atoms with van der Waals surface area (Å²) in [5.41, 5.74) is 2.05. The molecule has 194 valence electrons. The van der Waals surface area contributed by atoms with Crippen LogP contribution in [0.4, 0.5) is 0 Å². The first-order chi connectivity index (χ1) is 18.3. The molecular weight excluding hydrogens is 636 g/mol. The van der Waals surface area contributed by atoms with Crippen molar-refractivity contribution in [2.75, 3.05) is 13.7 Å². The Bertz CT molecular complexity index is 1770. The number of rotatable bonds is 6. The first-order valence-corrected chi connectivity index (χ1v) is 14.1. The van der Waals surface area contributed by atoms with Gasteiger partial charge in [0.15, 0.2) is 4.80 Å². The van der Waals surface area contributed by atoms with Crippen LogP contribution < -0.4 is 19.6 Å². The number of para-hydroxylation sites is 1. The zero-order chi connectivity index (χ0) is 27.0. The highest BCUT2D eigenvalue weighted by atomic mass is 79.9. The summed E-state index contributed by atoms with van der Waals surface area (Å²) in [7, 11) is 1.56. The van der Waals surface area contributed by atoms with Gasteiger partial charge in [-0.15, -0.1) is 0 Å². The van der Waals surface area contributed by atoms with Crippen molar-refractivity contribution in [3.8, 4) is 17.1 Å². The molecule has 0 saturated heterocycles. The zero-order valence-electron chi connectivity index (χ0n) is 20.7. The van der Waals surface area contributed by atoms with Gasteiger partial charge in [0.1, 0.15) is 23.3 Å². The standard InChI is InChI=1S/C28H22Br2N2O5S/c1-4-36-27(34)24-15(2)31-28-32(25(24)18-7-5-6-8-21(18)35-3)26(33)23(38-28)14-17-10-12-22(37-17)19-13-16(29)9-11-20(19)30/h5-14,25H,4H2,1-3H3/b23-14+/t25-/m0/s1. The molecule has 0 radical (unpaired) electrons. The highest BCUT2D eigenvalue weighted by molar-refractivity contribution is 9.11. The summed E-state index contributed by atoms with van der Waals surface area (Å²) in [6, 6.07) is 16.1. The maximum absolute atomic E-state index is 13.8. The number of fused-ring (bicyclic) bond motifs is 1. The molecule has 1 aliphatic heterocycles. The van der Waals surface area contributed by atoms with Crippen LogP contribution in [0.1, 0.15) is 31.2 Å². The number of furan rings is 1. The Morgan fingerprint density at radius 1 is 1.18 bits per heavy atom. The predicted octanol–water partition coefficient (Wildman–Crippen LogP) is 5.59. The van der Waals surface area contributed by atoms with Crippen LogP contribution in [0.2, 0.25) is 0 Å². The predicted molar refractivity (Wildman–Crippen MR) is 153 cm³/mol. The van der Waals surface area contributed by atoms with Crippen LogP contribution in [-0.2, 0) is 9.53 Å². The lowest BCUT2D eigenvalue weighted by Crippen LogP contribution is -2.40. The number of carbonyl (C=O) groups excluding carboxylic acids is 1. The van der Waals surface area contributed by atoms with E-state index in [9.17, 15) is 9.59 Å². The lowest BCUT2D eigenvalue weighted by atomic mass is 9.95. The third kappa shape index (κ3) is 4.83. The summed E-state index contributed by atoms with van der Waals surface area (Å²) in [5.74, 6) is 1.21. The number of hydrogen-bond donors (Lipinski definition) is 0. The van der Waals surface area contributed by atoms with Gasteiger partial charge in [0.25, 0.3) is 5.56 Å². The molecule has 0 saturated carbocycles. The normalized spacial score (nSPS) is 15.3. The third-order valence-electron chi connectivity index (χ3n) is 6.04. The van der Waals surface area contributed by atoms with Crippen molar-refractivity contribution in [1.29, 1.82) is 0 Å². The number of ether oxygens (including phenoxy) is 2. The summed E-state index contributed by atoms with van der Waals surface area (Å²) >= 11 is 8.29. The number of nitrogens with zero attached hydrogens (tertiary/aromatic N) is 2. The zero-order valence-corrected chi connectivity index (χ0v) is 24.6. The van der Waals surface area contributed by atoms with E-state index in [1.54, 1.807) is 33.1 Å². The maximum atomic E-state index is 13.8. The molecule has 0 spiro atoms. The lowest BCUT2D eigenvalue weighted by molar-refractivity contribution is -0.139. The second-order valence-electron chi connectivity index (χ2n) is 8.37. The Morgan fingerprint density at radius 2 is 1.97 bits per heavy atom. The summed E-state index contributed by atoms with van der Waals surface area (Å²) in [6.07, 6.45) is 1.70. The van der Waals surface area contributed by atoms with E-state index in [0.717, 1.165) is 14.5 Å². The van der Waals surface area contributed by atoms with E-state index in [4.69, 9.17) is 13.9 Å². The molecule has 0 amide bonds. The SMILES string of the molecule is CCOC(=O)C1=C(C)N=c2s/c(=C/c3ccc(-c4cc(Br)ccc4Br)o3)c(=O)n2[C@H]1c1ccccc1OC. The first kappa shape index (κ1) is 26.4. The van der Waals surface area contributed by atoms with Crippen LogP contribution in [0.25, 0.3) is 17.4 Å². The van der Waals surface area contributed by atoms with Crippen molar-refractivity contribution >= 4 is 55.2 Å². The first-order valence-electron chi connectivity index (χ1n) is 11.7. The maximum Gasteiger partial charge on any atom is 0.338 e. The summed E-state index contributed by atoms with van der Waals surface area (Å²) in [6.45, 7) is 3.69. The summed E-state index contributed by atoms with van der Waals surface area (Å²) in [5, 5.41) is 0. The van der Waals surface area contributed by atoms with Crippen LogP contribution >= 0.6 is 43.2 Å². The van der Waals surface area contributed by atoms with Gasteiger partial charge in [-0.1, -0.05) is 61.4 Å². The van der Waals surface area contributed by atoms with Crippen molar-refractivity contribution in [3.63, 3.8) is 0 Å². The Balaban J connectivity index is 1.67. The average molecular weight is 658 g/mol. The minimum Gasteiger partial charge on any atom is -0.496 e. The molecule has 1 atom stereocenters. The van der Waals surface area contributed by atoms with Gasteiger partial charge in [0.2, 0.25) is 0 Å². The minimum absolute atomic E-state index is 0.202. The van der Waals surface area contributed by atoms with Gasteiger partial charge >= 0.3 is 5.97 Å². The van der Waals surface area contributed by atoms with E-state index in [1.165, 1.54) is 15.9 Å². The number of halogens is 2. The van der Waals surface area contributed by atoms with E-state index in [2.05, 4.69) is 36.9 Å². The Hall–Kier alpha value is -3.21. The van der Waals surface area contributed by atoms with Crippen molar-refractivity contribution in [2.24, 2.45) is 4.99 Å². The molecule has 0 N–H and O–H groups in total. The van der Waals surface area contributed by atoms with Gasteiger partial charge in [-0.2, -0.15) is 0 Å². The topological polar surface area (TPSA) is 83.0 Å². The Labute approximate surface area is 239 Å². The van der Waals surface area contributed by atoms with Crippen LogP contribution in [0.15, 0.2) is 89.0 Å². The second-order valence-corrected chi connectivity index (χ2v) is 11.1. The van der Waals surface area contributed by atoms with Gasteiger partial charge in [0, 0.05) is 26.1 Å². The molecular formula is C28H22Br2N2O5S. The molecule has 0 fully saturated rings. The van der Waals surface area contributed by atoms with Gasteiger partial charge in [0.05, 0.1) is 29.5 Å². The van der Waals surface area contributed by atoms with Gasteiger partial charge in [-0.3, -0.25) is 9.36 Å². The molecule has 1 aliphatic rings. The Morgan fingerprint density at radius 3 is 2.74 bits per heavy atom. The van der Waals surface area contributed by atoms with Gasteiger partial charge in [-0.25, -0.2) is 9.79 Å². The number of esters is 1. The number of allylic oxidation sites excluding steroid dienone is 1. The molecule has 0 bridgehead atoms. The monoisotopic (exact) mass is 656 g/mol. The van der Waals surface area contributed by atoms with Gasteiger partial charge in [-0.05, 0) is 50.2 Å². The fraction of sp³-hybridized carbons (Fsp3) is 0.179. The molecule has 0 unspecified atom stereocenters. The molecule has 2 aromatic carbocycles. The number of methoxy groups -OCH3 is 1. The average Bonchev–Trinajstić information content (AvgIpc) is 3.49. The molecule has 4 aromatic rings. The van der Waals surface area contributed by atoms with Crippen molar-refractivity contribution in [2.45, 2.75) is 19.9 Å². The summed E-state index contributed by atoms with van der Waals surface area (Å²) in [4.78, 5) is 32.0. The second kappa shape index (κ2) is 10.9. The highest BCUT2D eigenvalue weighted by Crippen LogP contribution is 2.36. The molecule has 2 aromatic heterocycles. The van der Waals surface area contributed by atoms with Crippen molar-refractivity contribution < 1.29 is 18.7 Å². The quantitative estimate of drug-likeness (QED) is 0.253. The van der Waals surface area contributed by atoms with E-state index in [1.807, 2.05) is 48.5 Å². The Kier molecular flexibility index (Phi) is 7.56. The van der Waals surface area contributed by atoms with E-state index in [0.29, 0.717) is 43.4 Å². The van der Waals surface area contributed by atoms with Crippen LogP contribution in [0, 0.1) is 0 Å². The van der Waals surface area contributed by atoms with Crippen LogP contribution in [0.5, 0.6) is 5.75 Å². The fourth-order valence-corrected chi connectivity index (χ4v) is 6.20. The minimum atomic E-state index is -0.756. The van der Waals surface area contributed by atoms with Gasteiger partial charge < -0.3 is 13.9 Å². The highest BCUT2D eigenvalue weighted by Gasteiger charge is 2.35. The molecule has 0 aliphatic carbocycles. The van der Waals surface area contributed by atoms with E-state index >= 15 is 0 Å². The number of aromatic nitrogens is 1. The van der Waals surface area contributed by atoms with Crippen molar-refractivity contribution in [3.05, 3.63) is 106 Å². The fourth-order valence-electron chi connectivity index (χ4n) is 4.37.